The Morgan fingerprint density at radius 2 is 2.22 bits per heavy atom. The molecule has 1 aliphatic heterocycles. The second-order valence-electron chi connectivity index (χ2n) is 5.80. The third-order valence-electron chi connectivity index (χ3n) is 4.05. The van der Waals surface area contributed by atoms with E-state index in [1.807, 2.05) is 6.92 Å². The zero-order chi connectivity index (χ0) is 16.8. The number of amides is 1. The fourth-order valence-electron chi connectivity index (χ4n) is 2.84. The van der Waals surface area contributed by atoms with Crippen molar-refractivity contribution in [2.75, 3.05) is 26.3 Å². The number of piperidine rings is 1. The molecule has 0 aliphatic carbocycles. The molecular weight excluding hydrogens is 301 g/mol. The Morgan fingerprint density at radius 3 is 2.87 bits per heavy atom. The lowest BCUT2D eigenvalue weighted by molar-refractivity contribution is -0.132. The molecule has 1 atom stereocenters. The Bertz CT molecular complexity index is 576. The molecule has 1 aliphatic rings. The molecule has 0 saturated carbocycles. The van der Waals surface area contributed by atoms with Crippen molar-refractivity contribution in [3.8, 4) is 0 Å². The van der Waals surface area contributed by atoms with Crippen molar-refractivity contribution in [1.82, 2.24) is 4.90 Å². The molecule has 23 heavy (non-hydrogen) atoms. The lowest BCUT2D eigenvalue weighted by Gasteiger charge is -2.32. The topological polar surface area (TPSA) is 66.8 Å². The normalized spacial score (nSPS) is 18.0. The van der Waals surface area contributed by atoms with Crippen molar-refractivity contribution >= 4 is 11.9 Å². The van der Waals surface area contributed by atoms with Crippen LogP contribution in [-0.4, -0.2) is 48.2 Å². The van der Waals surface area contributed by atoms with Gasteiger partial charge in [-0.3, -0.25) is 4.79 Å². The van der Waals surface area contributed by atoms with E-state index in [9.17, 15) is 14.0 Å². The molecule has 0 aromatic heterocycles. The maximum atomic E-state index is 13.7. The minimum atomic E-state index is -1.31. The Kier molecular flexibility index (Phi) is 6.10. The number of nitrogens with zero attached hydrogens (tertiary/aromatic N) is 1. The number of carbonyl (C=O) groups excluding carboxylic acids is 1. The molecule has 0 spiro atoms. The summed E-state index contributed by atoms with van der Waals surface area (Å²) in [6.07, 6.45) is 2.07. The summed E-state index contributed by atoms with van der Waals surface area (Å²) in [6, 6.07) is 3.82. The van der Waals surface area contributed by atoms with Crippen LogP contribution in [0.4, 0.5) is 4.39 Å². The highest BCUT2D eigenvalue weighted by molar-refractivity contribution is 5.88. The Balaban J connectivity index is 1.96. The summed E-state index contributed by atoms with van der Waals surface area (Å²) in [7, 11) is 0. The van der Waals surface area contributed by atoms with Gasteiger partial charge in [-0.1, -0.05) is 6.07 Å². The van der Waals surface area contributed by atoms with Crippen LogP contribution >= 0.6 is 0 Å². The number of carbonyl (C=O) groups is 2. The molecule has 0 radical (unpaired) electrons. The molecule has 1 fully saturated rings. The number of hydrogen-bond acceptors (Lipinski definition) is 3. The first-order valence-electron chi connectivity index (χ1n) is 7.88. The summed E-state index contributed by atoms with van der Waals surface area (Å²) >= 11 is 0. The van der Waals surface area contributed by atoms with Crippen molar-refractivity contribution in [2.45, 2.75) is 26.2 Å². The molecule has 1 N–H and O–H groups in total. The van der Waals surface area contributed by atoms with Gasteiger partial charge in [0.05, 0.1) is 18.6 Å². The van der Waals surface area contributed by atoms with E-state index in [-0.39, 0.29) is 17.9 Å². The van der Waals surface area contributed by atoms with E-state index < -0.39 is 11.8 Å². The van der Waals surface area contributed by atoms with E-state index in [1.54, 1.807) is 4.90 Å². The number of benzene rings is 1. The lowest BCUT2D eigenvalue weighted by atomic mass is 9.98. The quantitative estimate of drug-likeness (QED) is 0.872. The zero-order valence-electron chi connectivity index (χ0n) is 13.3. The smallest absolute Gasteiger partial charge is 0.338 e. The maximum absolute atomic E-state index is 13.7. The van der Waals surface area contributed by atoms with Crippen molar-refractivity contribution in [3.05, 3.63) is 35.1 Å². The predicted molar refractivity (Wildman–Crippen MR) is 82.9 cm³/mol. The maximum Gasteiger partial charge on any atom is 0.338 e. The highest BCUT2D eigenvalue weighted by Crippen LogP contribution is 2.18. The van der Waals surface area contributed by atoms with Gasteiger partial charge in [-0.15, -0.1) is 0 Å². The Hall–Kier alpha value is -1.95. The van der Waals surface area contributed by atoms with Crippen molar-refractivity contribution in [1.29, 1.82) is 0 Å². The Labute approximate surface area is 135 Å². The van der Waals surface area contributed by atoms with Gasteiger partial charge in [0.25, 0.3) is 0 Å². The fraction of sp³-hybridized carbons (Fsp3) is 0.529. The molecule has 1 amide bonds. The molecule has 126 valence electrons. The van der Waals surface area contributed by atoms with Gasteiger partial charge in [0, 0.05) is 19.7 Å². The largest absolute Gasteiger partial charge is 0.478 e. The highest BCUT2D eigenvalue weighted by Gasteiger charge is 2.24. The first-order chi connectivity index (χ1) is 11.0. The van der Waals surface area contributed by atoms with E-state index in [2.05, 4.69) is 0 Å². The molecule has 1 saturated heterocycles. The molecule has 1 aromatic rings. The number of carboxylic acids is 1. The SMILES string of the molecule is CCOCC1CCCN(C(=O)Cc2ccc(C(=O)O)c(F)c2)C1. The molecule has 1 unspecified atom stereocenters. The number of aromatic carboxylic acids is 1. The summed E-state index contributed by atoms with van der Waals surface area (Å²) in [5, 5.41) is 8.82. The average Bonchev–Trinajstić information content (AvgIpc) is 2.53. The molecular formula is C17H22FNO4. The predicted octanol–water partition coefficient (Wildman–Crippen LogP) is 2.34. The summed E-state index contributed by atoms with van der Waals surface area (Å²) in [4.78, 5) is 24.9. The number of hydrogen-bond donors (Lipinski definition) is 1. The first kappa shape index (κ1) is 17.4. The minimum Gasteiger partial charge on any atom is -0.478 e. The number of rotatable bonds is 6. The van der Waals surface area contributed by atoms with Crippen LogP contribution in [0.15, 0.2) is 18.2 Å². The molecule has 2 rings (SSSR count). The van der Waals surface area contributed by atoms with Crippen LogP contribution in [0.5, 0.6) is 0 Å². The Morgan fingerprint density at radius 1 is 1.43 bits per heavy atom. The summed E-state index contributed by atoms with van der Waals surface area (Å²) < 4.78 is 19.1. The number of halogens is 1. The fourth-order valence-corrected chi connectivity index (χ4v) is 2.84. The van der Waals surface area contributed by atoms with Gasteiger partial charge in [-0.2, -0.15) is 0 Å². The monoisotopic (exact) mass is 323 g/mol. The zero-order valence-corrected chi connectivity index (χ0v) is 13.3. The van der Waals surface area contributed by atoms with Gasteiger partial charge in [-0.25, -0.2) is 9.18 Å². The number of carboxylic acid groups (broad SMARTS) is 1. The summed E-state index contributed by atoms with van der Waals surface area (Å²) in [5.74, 6) is -1.83. The third-order valence-corrected chi connectivity index (χ3v) is 4.05. The van der Waals surface area contributed by atoms with Crippen LogP contribution in [0.2, 0.25) is 0 Å². The average molecular weight is 323 g/mol. The third kappa shape index (κ3) is 4.76. The number of ether oxygens (including phenoxy) is 1. The van der Waals surface area contributed by atoms with Crippen LogP contribution in [0.1, 0.15) is 35.7 Å². The van der Waals surface area contributed by atoms with E-state index in [0.29, 0.717) is 37.8 Å². The van der Waals surface area contributed by atoms with E-state index in [1.165, 1.54) is 12.1 Å². The highest BCUT2D eigenvalue weighted by atomic mass is 19.1. The molecule has 1 heterocycles. The minimum absolute atomic E-state index is 0.0614. The van der Waals surface area contributed by atoms with Crippen LogP contribution in [0.25, 0.3) is 0 Å². The van der Waals surface area contributed by atoms with Crippen molar-refractivity contribution in [2.24, 2.45) is 5.92 Å². The van der Waals surface area contributed by atoms with Crippen LogP contribution < -0.4 is 0 Å². The second-order valence-corrected chi connectivity index (χ2v) is 5.80. The summed E-state index contributed by atoms with van der Waals surface area (Å²) in [5.41, 5.74) is 0.111. The van der Waals surface area contributed by atoms with Gasteiger partial charge in [-0.05, 0) is 43.4 Å². The van der Waals surface area contributed by atoms with Gasteiger partial charge in [0.15, 0.2) is 0 Å². The van der Waals surface area contributed by atoms with Crippen molar-refractivity contribution < 1.29 is 23.8 Å². The van der Waals surface area contributed by atoms with Gasteiger partial charge < -0.3 is 14.7 Å². The van der Waals surface area contributed by atoms with Gasteiger partial charge in [0.2, 0.25) is 5.91 Å². The lowest BCUT2D eigenvalue weighted by Crippen LogP contribution is -2.42. The second kappa shape index (κ2) is 8.06. The van der Waals surface area contributed by atoms with Gasteiger partial charge >= 0.3 is 5.97 Å². The van der Waals surface area contributed by atoms with Crippen LogP contribution in [0, 0.1) is 11.7 Å². The van der Waals surface area contributed by atoms with Crippen molar-refractivity contribution in [3.63, 3.8) is 0 Å². The van der Waals surface area contributed by atoms with E-state index in [4.69, 9.17) is 9.84 Å². The van der Waals surface area contributed by atoms with E-state index >= 15 is 0 Å². The van der Waals surface area contributed by atoms with Gasteiger partial charge in [0.1, 0.15) is 5.82 Å². The molecule has 0 bridgehead atoms. The van der Waals surface area contributed by atoms with Crippen LogP contribution in [0.3, 0.4) is 0 Å². The standard InChI is InChI=1S/C17H22FNO4/c1-2-23-11-13-4-3-7-19(10-13)16(20)9-12-5-6-14(17(21)22)15(18)8-12/h5-6,8,13H,2-4,7,9-11H2,1H3,(H,21,22). The molecule has 6 heteroatoms. The summed E-state index contributed by atoms with van der Waals surface area (Å²) in [6.45, 7) is 4.63. The first-order valence-corrected chi connectivity index (χ1v) is 7.88. The number of likely N-dealkylation sites (tertiary alicyclic amines) is 1. The molecule has 5 nitrogen and oxygen atoms in total. The molecule has 1 aromatic carbocycles. The van der Waals surface area contributed by atoms with E-state index in [0.717, 1.165) is 18.9 Å². The van der Waals surface area contributed by atoms with Crippen LogP contribution in [-0.2, 0) is 16.0 Å².